The van der Waals surface area contributed by atoms with Crippen LogP contribution in [-0.4, -0.2) is 52.7 Å². The van der Waals surface area contributed by atoms with Crippen LogP contribution in [-0.2, 0) is 13.1 Å². The number of carbonyl (C=O) groups excluding carboxylic acids is 1. The third-order valence-corrected chi connectivity index (χ3v) is 7.86. The molecule has 1 aliphatic heterocycles. The molecule has 40 heavy (non-hydrogen) atoms. The van der Waals surface area contributed by atoms with Crippen LogP contribution in [0.1, 0.15) is 38.4 Å². The van der Waals surface area contributed by atoms with Crippen LogP contribution in [0.15, 0.2) is 84.0 Å². The molecule has 8 heteroatoms. The molecule has 0 aliphatic carbocycles. The van der Waals surface area contributed by atoms with Crippen molar-refractivity contribution >= 4 is 35.3 Å². The number of hydrogen-bond acceptors (Lipinski definition) is 4. The van der Waals surface area contributed by atoms with Crippen LogP contribution in [0.4, 0.5) is 0 Å². The van der Waals surface area contributed by atoms with Crippen molar-refractivity contribution in [1.82, 2.24) is 19.8 Å². The number of piperazine rings is 1. The third-order valence-electron chi connectivity index (χ3n) is 7.33. The molecule has 0 unspecified atom stereocenters. The van der Waals surface area contributed by atoms with Gasteiger partial charge in [0.2, 0.25) is 0 Å². The molecule has 3 aromatic carbocycles. The minimum Gasteiger partial charge on any atom is -0.316 e. The van der Waals surface area contributed by atoms with E-state index in [0.717, 1.165) is 61.9 Å². The molecular formula is C32H33Cl2N5O. The van der Waals surface area contributed by atoms with Crippen LogP contribution < -0.4 is 5.43 Å². The summed E-state index contributed by atoms with van der Waals surface area (Å²) in [6.45, 7) is 10.1. The highest BCUT2D eigenvalue weighted by Gasteiger charge is 2.17. The highest BCUT2D eigenvalue weighted by molar-refractivity contribution is 6.35. The summed E-state index contributed by atoms with van der Waals surface area (Å²) in [5.74, 6) is -0.244. The minimum atomic E-state index is -0.244. The van der Waals surface area contributed by atoms with Gasteiger partial charge in [-0.3, -0.25) is 14.6 Å². The molecule has 0 saturated carbocycles. The molecule has 1 saturated heterocycles. The van der Waals surface area contributed by atoms with Gasteiger partial charge in [-0.15, -0.1) is 0 Å². The molecule has 206 valence electrons. The van der Waals surface area contributed by atoms with Crippen molar-refractivity contribution in [2.45, 2.75) is 26.9 Å². The van der Waals surface area contributed by atoms with Gasteiger partial charge >= 0.3 is 0 Å². The summed E-state index contributed by atoms with van der Waals surface area (Å²) in [5, 5.41) is 5.37. The van der Waals surface area contributed by atoms with E-state index in [0.29, 0.717) is 15.6 Å². The van der Waals surface area contributed by atoms with Crippen molar-refractivity contribution in [2.75, 3.05) is 26.2 Å². The maximum atomic E-state index is 12.7. The Labute approximate surface area is 245 Å². The number of carbonyl (C=O) groups is 1. The zero-order chi connectivity index (χ0) is 28.1. The molecule has 0 radical (unpaired) electrons. The lowest BCUT2D eigenvalue weighted by molar-refractivity contribution is 0.0955. The SMILES string of the molecule is Cc1cc(/C=N\NC(=O)c2ccc(CN3CCN(Cc4ccccc4)CC3)cc2)c(C)n1-c1ccc(Cl)cc1Cl. The number of aromatic nitrogens is 1. The second kappa shape index (κ2) is 12.8. The minimum absolute atomic E-state index is 0.244. The third kappa shape index (κ3) is 6.83. The predicted octanol–water partition coefficient (Wildman–Crippen LogP) is 6.48. The summed E-state index contributed by atoms with van der Waals surface area (Å²) in [7, 11) is 0. The Morgan fingerprint density at radius 2 is 1.48 bits per heavy atom. The van der Waals surface area contributed by atoms with Crippen molar-refractivity contribution in [1.29, 1.82) is 0 Å². The molecule has 0 atom stereocenters. The smallest absolute Gasteiger partial charge is 0.271 e. The highest BCUT2D eigenvalue weighted by Crippen LogP contribution is 2.28. The highest BCUT2D eigenvalue weighted by atomic mass is 35.5. The van der Waals surface area contributed by atoms with Crippen LogP contribution in [0, 0.1) is 13.8 Å². The van der Waals surface area contributed by atoms with Crippen LogP contribution >= 0.6 is 23.2 Å². The number of benzene rings is 3. The van der Waals surface area contributed by atoms with E-state index in [1.54, 1.807) is 12.3 Å². The van der Waals surface area contributed by atoms with Crippen molar-refractivity contribution in [2.24, 2.45) is 5.10 Å². The summed E-state index contributed by atoms with van der Waals surface area (Å²) in [5.41, 5.74) is 9.49. The van der Waals surface area contributed by atoms with E-state index in [1.807, 2.05) is 60.9 Å². The second-order valence-electron chi connectivity index (χ2n) is 10.2. The molecule has 6 nitrogen and oxygen atoms in total. The van der Waals surface area contributed by atoms with Gasteiger partial charge in [0.25, 0.3) is 5.91 Å². The predicted molar refractivity (Wildman–Crippen MR) is 164 cm³/mol. The summed E-state index contributed by atoms with van der Waals surface area (Å²) >= 11 is 12.5. The summed E-state index contributed by atoms with van der Waals surface area (Å²) in [6.07, 6.45) is 1.66. The number of rotatable bonds is 8. The van der Waals surface area contributed by atoms with E-state index in [1.165, 1.54) is 11.1 Å². The van der Waals surface area contributed by atoms with Crippen LogP contribution in [0.5, 0.6) is 0 Å². The molecule has 5 rings (SSSR count). The Bertz CT molecular complexity index is 1490. The number of nitrogens with zero attached hydrogens (tertiary/aromatic N) is 4. The molecule has 1 aliphatic rings. The van der Waals surface area contributed by atoms with Gasteiger partial charge in [-0.2, -0.15) is 5.10 Å². The van der Waals surface area contributed by atoms with Gasteiger partial charge in [0.1, 0.15) is 0 Å². The van der Waals surface area contributed by atoms with Crippen LogP contribution in [0.2, 0.25) is 10.0 Å². The lowest BCUT2D eigenvalue weighted by atomic mass is 10.1. The Balaban J connectivity index is 1.13. The zero-order valence-corrected chi connectivity index (χ0v) is 24.3. The van der Waals surface area contributed by atoms with E-state index >= 15 is 0 Å². The molecule has 0 bridgehead atoms. The molecule has 1 aromatic heterocycles. The van der Waals surface area contributed by atoms with Crippen molar-refractivity contribution < 1.29 is 4.79 Å². The lowest BCUT2D eigenvalue weighted by Crippen LogP contribution is -2.45. The van der Waals surface area contributed by atoms with Crippen LogP contribution in [0.25, 0.3) is 5.69 Å². The van der Waals surface area contributed by atoms with Gasteiger partial charge in [0.05, 0.1) is 16.9 Å². The van der Waals surface area contributed by atoms with Gasteiger partial charge < -0.3 is 4.57 Å². The quantitative estimate of drug-likeness (QED) is 0.194. The Hall–Kier alpha value is -3.42. The van der Waals surface area contributed by atoms with E-state index in [9.17, 15) is 4.79 Å². The molecule has 1 fully saturated rings. The second-order valence-corrected chi connectivity index (χ2v) is 11.0. The summed E-state index contributed by atoms with van der Waals surface area (Å²) in [6, 6.07) is 25.8. The van der Waals surface area contributed by atoms with Crippen molar-refractivity contribution in [3.63, 3.8) is 0 Å². The first kappa shape index (κ1) is 28.1. The Morgan fingerprint density at radius 3 is 2.10 bits per heavy atom. The standard InChI is InChI=1S/C32H33Cl2N5O/c1-23-18-28(24(2)39(23)31-13-12-29(33)19-30(31)34)20-35-36-32(40)27-10-8-26(9-11-27)22-38-16-14-37(15-17-38)21-25-6-4-3-5-7-25/h3-13,18-20H,14-17,21-22H2,1-2H3,(H,36,40)/b35-20-. The Morgan fingerprint density at radius 1 is 0.850 bits per heavy atom. The van der Waals surface area contributed by atoms with Gasteiger partial charge in [-0.25, -0.2) is 5.43 Å². The Kier molecular flexibility index (Phi) is 9.02. The molecule has 1 N–H and O–H groups in total. The average molecular weight is 575 g/mol. The van der Waals surface area contributed by atoms with E-state index < -0.39 is 0 Å². The fraction of sp³-hybridized carbons (Fsp3) is 0.250. The number of nitrogens with one attached hydrogen (secondary N) is 1. The first-order valence-electron chi connectivity index (χ1n) is 13.4. The fourth-order valence-electron chi connectivity index (χ4n) is 5.14. The van der Waals surface area contributed by atoms with E-state index in [-0.39, 0.29) is 5.91 Å². The lowest BCUT2D eigenvalue weighted by Gasteiger charge is -2.34. The molecule has 2 heterocycles. The fourth-order valence-corrected chi connectivity index (χ4v) is 5.64. The first-order valence-corrected chi connectivity index (χ1v) is 14.2. The largest absolute Gasteiger partial charge is 0.316 e. The van der Waals surface area contributed by atoms with E-state index in [4.69, 9.17) is 23.2 Å². The molecule has 4 aromatic rings. The number of hydrogen-bond donors (Lipinski definition) is 1. The van der Waals surface area contributed by atoms with Gasteiger partial charge in [0.15, 0.2) is 0 Å². The maximum Gasteiger partial charge on any atom is 0.271 e. The normalized spacial score (nSPS) is 14.6. The maximum absolute atomic E-state index is 12.7. The van der Waals surface area contributed by atoms with Crippen LogP contribution in [0.3, 0.4) is 0 Å². The van der Waals surface area contributed by atoms with E-state index in [2.05, 4.69) is 50.7 Å². The summed E-state index contributed by atoms with van der Waals surface area (Å²) < 4.78 is 2.05. The molecular weight excluding hydrogens is 541 g/mol. The zero-order valence-electron chi connectivity index (χ0n) is 22.8. The number of halogens is 2. The van der Waals surface area contributed by atoms with Gasteiger partial charge in [-0.1, -0.05) is 65.7 Å². The number of aryl methyl sites for hydroxylation is 1. The average Bonchev–Trinajstić information content (AvgIpc) is 3.23. The molecule has 0 spiro atoms. The summed E-state index contributed by atoms with van der Waals surface area (Å²) in [4.78, 5) is 17.7. The topological polar surface area (TPSA) is 52.9 Å². The van der Waals surface area contributed by atoms with Gasteiger partial charge in [0, 0.05) is 66.8 Å². The molecule has 1 amide bonds. The van der Waals surface area contributed by atoms with Crippen molar-refractivity contribution in [3.8, 4) is 5.69 Å². The number of hydrazone groups is 1. The first-order chi connectivity index (χ1) is 19.4. The number of amides is 1. The van der Waals surface area contributed by atoms with Gasteiger partial charge in [-0.05, 0) is 61.4 Å². The van der Waals surface area contributed by atoms with Crippen molar-refractivity contribution in [3.05, 3.63) is 123 Å². The monoisotopic (exact) mass is 573 g/mol.